The fourth-order valence-corrected chi connectivity index (χ4v) is 4.63. The largest absolute Gasteiger partial charge is 0.496 e. The summed E-state index contributed by atoms with van der Waals surface area (Å²) < 4.78 is 21.6. The van der Waals surface area contributed by atoms with Crippen molar-refractivity contribution in [3.05, 3.63) is 77.4 Å². The number of nitrogens with one attached hydrogen (secondary N) is 1. The minimum absolute atomic E-state index is 0.107. The van der Waals surface area contributed by atoms with Gasteiger partial charge in [-0.05, 0) is 46.7 Å². The van der Waals surface area contributed by atoms with Gasteiger partial charge in [-0.15, -0.1) is 0 Å². The van der Waals surface area contributed by atoms with Gasteiger partial charge in [-0.3, -0.25) is 0 Å². The van der Waals surface area contributed by atoms with Gasteiger partial charge in [-0.1, -0.05) is 48.5 Å². The van der Waals surface area contributed by atoms with Crippen LogP contribution in [0.5, 0.6) is 17.2 Å². The van der Waals surface area contributed by atoms with Gasteiger partial charge in [0.05, 0.1) is 21.3 Å². The number of hydrogen-bond donors (Lipinski definition) is 2. The van der Waals surface area contributed by atoms with Gasteiger partial charge in [0, 0.05) is 12.0 Å². The molecule has 8 nitrogen and oxygen atoms in total. The lowest BCUT2D eigenvalue weighted by Gasteiger charge is -2.18. The van der Waals surface area contributed by atoms with Crippen molar-refractivity contribution >= 4 is 12.1 Å². The number of carbonyl (C=O) groups excluding carboxylic acids is 1. The van der Waals surface area contributed by atoms with E-state index in [1.807, 2.05) is 36.4 Å². The van der Waals surface area contributed by atoms with Gasteiger partial charge in [0.25, 0.3) is 0 Å². The molecule has 1 aliphatic rings. The highest BCUT2D eigenvalue weighted by molar-refractivity contribution is 5.81. The second-order valence-corrected chi connectivity index (χ2v) is 8.42. The Hall–Kier alpha value is -4.20. The number of aliphatic carboxylic acids is 1. The van der Waals surface area contributed by atoms with E-state index >= 15 is 0 Å². The maximum Gasteiger partial charge on any atom is 0.407 e. The minimum Gasteiger partial charge on any atom is -0.496 e. The number of benzene rings is 3. The third-order valence-electron chi connectivity index (χ3n) is 6.42. The number of amides is 1. The van der Waals surface area contributed by atoms with Crippen molar-refractivity contribution in [3.63, 3.8) is 0 Å². The van der Waals surface area contributed by atoms with Crippen LogP contribution in [-0.4, -0.2) is 51.1 Å². The number of hydrogen-bond acceptors (Lipinski definition) is 6. The second kappa shape index (κ2) is 11.0. The molecule has 1 aliphatic carbocycles. The van der Waals surface area contributed by atoms with Crippen LogP contribution in [0, 0.1) is 0 Å². The van der Waals surface area contributed by atoms with Crippen molar-refractivity contribution in [2.75, 3.05) is 27.9 Å². The van der Waals surface area contributed by atoms with Gasteiger partial charge >= 0.3 is 12.1 Å². The first-order chi connectivity index (χ1) is 17.5. The highest BCUT2D eigenvalue weighted by Crippen LogP contribution is 2.44. The van der Waals surface area contributed by atoms with Crippen LogP contribution in [-0.2, 0) is 16.0 Å². The Morgan fingerprint density at radius 1 is 0.861 bits per heavy atom. The normalized spacial score (nSPS) is 12.8. The molecule has 0 saturated carbocycles. The molecule has 8 heteroatoms. The molecule has 36 heavy (non-hydrogen) atoms. The van der Waals surface area contributed by atoms with E-state index in [0.717, 1.165) is 27.8 Å². The molecule has 1 amide bonds. The summed E-state index contributed by atoms with van der Waals surface area (Å²) >= 11 is 0. The van der Waals surface area contributed by atoms with E-state index in [9.17, 15) is 14.7 Å². The third kappa shape index (κ3) is 5.07. The average molecular weight is 492 g/mol. The number of carboxylic acid groups (broad SMARTS) is 1. The van der Waals surface area contributed by atoms with Gasteiger partial charge in [0.2, 0.25) is 0 Å². The SMILES string of the molecule is COc1cc(OC)c(OC)cc1CCC(NC(=O)OCC1c2ccccc2-c2ccccc21)C(=O)O. The lowest BCUT2D eigenvalue weighted by Crippen LogP contribution is -2.41. The Bertz CT molecular complexity index is 1210. The standard InChI is InChI=1S/C28H29NO7/c1-33-24-15-26(35-3)25(34-2)14-17(24)12-13-23(27(30)31)29-28(32)36-16-22-20-10-6-4-8-18(20)19-9-5-7-11-21(19)22/h4-11,14-15,22-23H,12-13,16H2,1-3H3,(H,29,32)(H,30,31). The number of rotatable bonds is 10. The molecule has 3 aromatic rings. The minimum atomic E-state index is -1.15. The number of fused-ring (bicyclic) bond motifs is 3. The first-order valence-corrected chi connectivity index (χ1v) is 11.6. The van der Waals surface area contributed by atoms with Crippen molar-refractivity contribution in [1.82, 2.24) is 5.32 Å². The Balaban J connectivity index is 1.41. The summed E-state index contributed by atoms with van der Waals surface area (Å²) in [6, 6.07) is 18.3. The maximum absolute atomic E-state index is 12.6. The summed E-state index contributed by atoms with van der Waals surface area (Å²) in [5.41, 5.74) is 5.14. The molecule has 0 aliphatic heterocycles. The van der Waals surface area contributed by atoms with Crippen LogP contribution in [0.25, 0.3) is 11.1 Å². The molecule has 3 aromatic carbocycles. The topological polar surface area (TPSA) is 103 Å². The lowest BCUT2D eigenvalue weighted by molar-refractivity contribution is -0.139. The summed E-state index contributed by atoms with van der Waals surface area (Å²) in [5, 5.41) is 12.2. The third-order valence-corrected chi connectivity index (χ3v) is 6.42. The number of ether oxygens (including phenoxy) is 4. The zero-order valence-corrected chi connectivity index (χ0v) is 20.4. The van der Waals surface area contributed by atoms with E-state index in [-0.39, 0.29) is 18.9 Å². The van der Waals surface area contributed by atoms with Gasteiger partial charge in [0.15, 0.2) is 11.5 Å². The summed E-state index contributed by atoms with van der Waals surface area (Å²) in [5.74, 6) is 0.289. The predicted molar refractivity (Wildman–Crippen MR) is 134 cm³/mol. The summed E-state index contributed by atoms with van der Waals surface area (Å²) in [7, 11) is 4.57. The van der Waals surface area contributed by atoms with E-state index < -0.39 is 18.1 Å². The first kappa shape index (κ1) is 24.9. The zero-order chi connectivity index (χ0) is 25.7. The molecule has 0 aromatic heterocycles. The van der Waals surface area contributed by atoms with E-state index in [1.165, 1.54) is 21.3 Å². The van der Waals surface area contributed by atoms with Gasteiger partial charge in [-0.25, -0.2) is 9.59 Å². The summed E-state index contributed by atoms with van der Waals surface area (Å²) in [6.07, 6.45) is -0.321. The molecule has 0 saturated heterocycles. The smallest absolute Gasteiger partial charge is 0.407 e. The molecule has 0 heterocycles. The number of alkyl carbamates (subject to hydrolysis) is 1. The van der Waals surface area contributed by atoms with Crippen molar-refractivity contribution in [2.24, 2.45) is 0 Å². The quantitative estimate of drug-likeness (QED) is 0.426. The monoisotopic (exact) mass is 491 g/mol. The zero-order valence-electron chi connectivity index (χ0n) is 20.4. The van der Waals surface area contributed by atoms with E-state index in [0.29, 0.717) is 23.7 Å². The van der Waals surface area contributed by atoms with Crippen molar-refractivity contribution < 1.29 is 33.6 Å². The van der Waals surface area contributed by atoms with E-state index in [1.54, 1.807) is 12.1 Å². The van der Waals surface area contributed by atoms with Crippen LogP contribution in [0.15, 0.2) is 60.7 Å². The maximum atomic E-state index is 12.6. The molecule has 0 fully saturated rings. The summed E-state index contributed by atoms with van der Waals surface area (Å²) in [4.78, 5) is 24.5. The molecule has 4 rings (SSSR count). The van der Waals surface area contributed by atoms with Gasteiger partial charge < -0.3 is 29.4 Å². The molecule has 0 bridgehead atoms. The highest BCUT2D eigenvalue weighted by Gasteiger charge is 2.30. The molecular weight excluding hydrogens is 462 g/mol. The lowest BCUT2D eigenvalue weighted by atomic mass is 9.98. The Morgan fingerprint density at radius 2 is 1.42 bits per heavy atom. The van der Waals surface area contributed by atoms with Gasteiger partial charge in [0.1, 0.15) is 18.4 Å². The Labute approximate surface area is 209 Å². The Morgan fingerprint density at radius 3 is 1.97 bits per heavy atom. The summed E-state index contributed by atoms with van der Waals surface area (Å²) in [6.45, 7) is 0.107. The number of aryl methyl sites for hydroxylation is 1. The van der Waals surface area contributed by atoms with Crippen LogP contribution in [0.4, 0.5) is 4.79 Å². The number of carboxylic acids is 1. The number of carbonyl (C=O) groups is 2. The van der Waals surface area contributed by atoms with Crippen molar-refractivity contribution in [1.29, 1.82) is 0 Å². The van der Waals surface area contributed by atoms with Crippen LogP contribution < -0.4 is 19.5 Å². The van der Waals surface area contributed by atoms with Crippen LogP contribution >= 0.6 is 0 Å². The van der Waals surface area contributed by atoms with Crippen LogP contribution in [0.1, 0.15) is 29.0 Å². The Kier molecular flexibility index (Phi) is 7.63. The molecule has 188 valence electrons. The van der Waals surface area contributed by atoms with Crippen molar-refractivity contribution in [2.45, 2.75) is 24.8 Å². The van der Waals surface area contributed by atoms with Crippen molar-refractivity contribution in [3.8, 4) is 28.4 Å². The number of methoxy groups -OCH3 is 3. The van der Waals surface area contributed by atoms with Gasteiger partial charge in [-0.2, -0.15) is 0 Å². The van der Waals surface area contributed by atoms with E-state index in [4.69, 9.17) is 18.9 Å². The molecule has 0 spiro atoms. The molecule has 2 N–H and O–H groups in total. The molecule has 1 unspecified atom stereocenters. The van der Waals surface area contributed by atoms with E-state index in [2.05, 4.69) is 17.4 Å². The average Bonchev–Trinajstić information content (AvgIpc) is 3.22. The fourth-order valence-electron chi connectivity index (χ4n) is 4.63. The first-order valence-electron chi connectivity index (χ1n) is 11.6. The van der Waals surface area contributed by atoms with Crippen LogP contribution in [0.3, 0.4) is 0 Å². The molecular formula is C28H29NO7. The van der Waals surface area contributed by atoms with Crippen LogP contribution in [0.2, 0.25) is 0 Å². The highest BCUT2D eigenvalue weighted by atomic mass is 16.5. The predicted octanol–water partition coefficient (Wildman–Crippen LogP) is 4.64. The fraction of sp³-hybridized carbons (Fsp3) is 0.286. The molecule has 0 radical (unpaired) electrons. The molecule has 1 atom stereocenters. The second-order valence-electron chi connectivity index (χ2n) is 8.42.